The van der Waals surface area contributed by atoms with Crippen LogP contribution in [-0.2, 0) is 4.94 Å². The number of nitrogens with one attached hydrogen (secondary N) is 2. The molecule has 0 aromatic heterocycles. The number of halogens is 1. The molecule has 0 radical (unpaired) electrons. The summed E-state index contributed by atoms with van der Waals surface area (Å²) in [6.45, 7) is 1.85. The molecule has 0 amide bonds. The van der Waals surface area contributed by atoms with E-state index >= 15 is 0 Å². The van der Waals surface area contributed by atoms with E-state index in [1.165, 1.54) is 6.07 Å². The molecule has 0 spiro atoms. The summed E-state index contributed by atoms with van der Waals surface area (Å²) in [4.78, 5) is 6.21. The van der Waals surface area contributed by atoms with Crippen LogP contribution in [0.5, 0.6) is 0 Å². The Bertz CT molecular complexity index is 806. The van der Waals surface area contributed by atoms with Gasteiger partial charge in [0.05, 0.1) is 28.8 Å². The molecular formula is C21H28FN5O. The van der Waals surface area contributed by atoms with E-state index in [1.54, 1.807) is 31.3 Å². The van der Waals surface area contributed by atoms with Gasteiger partial charge in [-0.05, 0) is 57.1 Å². The van der Waals surface area contributed by atoms with E-state index in [2.05, 4.69) is 16.4 Å². The maximum atomic E-state index is 14.4. The van der Waals surface area contributed by atoms with E-state index in [-0.39, 0.29) is 28.8 Å². The normalized spacial score (nSPS) is 32.4. The fraction of sp³-hybridized carbons (Fsp3) is 0.619. The summed E-state index contributed by atoms with van der Waals surface area (Å²) in [7, 11) is 3.52. The second-order valence-electron chi connectivity index (χ2n) is 8.64. The molecule has 2 saturated heterocycles. The van der Waals surface area contributed by atoms with Gasteiger partial charge in [0.1, 0.15) is 5.82 Å². The lowest BCUT2D eigenvalue weighted by Crippen LogP contribution is -2.62. The number of hydrogen-bond donors (Lipinski definition) is 2. The van der Waals surface area contributed by atoms with E-state index in [1.807, 2.05) is 6.92 Å². The van der Waals surface area contributed by atoms with Gasteiger partial charge in [-0.2, -0.15) is 15.4 Å². The average Bonchev–Trinajstić information content (AvgIpc) is 2.68. The van der Waals surface area contributed by atoms with Crippen LogP contribution in [0.3, 0.4) is 0 Å². The SMILES string of the molecule is CNc1cccc(F)c1C(=N)C(C)N(C)ON1C2CC3CC1CC(C#N)(C3)C2. The molecule has 28 heavy (non-hydrogen) atoms. The lowest BCUT2D eigenvalue weighted by molar-refractivity contribution is -0.380. The Kier molecular flexibility index (Phi) is 4.90. The van der Waals surface area contributed by atoms with Crippen LogP contribution in [0.15, 0.2) is 18.2 Å². The van der Waals surface area contributed by atoms with Crippen molar-refractivity contribution in [2.75, 3.05) is 19.4 Å². The summed E-state index contributed by atoms with van der Waals surface area (Å²) in [5, 5.41) is 24.9. The molecule has 3 atom stereocenters. The van der Waals surface area contributed by atoms with E-state index in [0.29, 0.717) is 11.6 Å². The molecule has 3 unspecified atom stereocenters. The third kappa shape index (κ3) is 3.10. The standard InChI is InChI=1S/C21H28FN5O/c1-13(20(24)19-17(22)5-4-6-18(19)25-2)26(3)28-27-15-7-14-8-16(27)11-21(9-14,10-15)12-23/h4-6,13-16,24-25H,7-11H2,1-3H3. The second kappa shape index (κ2) is 7.11. The molecule has 5 rings (SSSR count). The molecule has 2 aliphatic heterocycles. The molecule has 1 aromatic carbocycles. The number of piperidine rings is 2. The molecule has 1 aromatic rings. The van der Waals surface area contributed by atoms with Crippen molar-refractivity contribution in [3.8, 4) is 6.07 Å². The molecule has 2 aliphatic carbocycles. The number of hydrogen-bond acceptors (Lipinski definition) is 6. The second-order valence-corrected chi connectivity index (χ2v) is 8.64. The molecule has 2 saturated carbocycles. The summed E-state index contributed by atoms with van der Waals surface area (Å²) >= 11 is 0. The molecule has 150 valence electrons. The molecule has 4 bridgehead atoms. The van der Waals surface area contributed by atoms with Gasteiger partial charge in [-0.15, -0.1) is 0 Å². The summed E-state index contributed by atoms with van der Waals surface area (Å²) in [6.07, 6.45) is 4.87. The van der Waals surface area contributed by atoms with Crippen molar-refractivity contribution in [2.45, 2.75) is 57.2 Å². The minimum atomic E-state index is -0.425. The van der Waals surface area contributed by atoms with Gasteiger partial charge in [-0.3, -0.25) is 0 Å². The van der Waals surface area contributed by atoms with Crippen molar-refractivity contribution in [3.63, 3.8) is 0 Å². The van der Waals surface area contributed by atoms with Crippen LogP contribution in [0.1, 0.15) is 44.6 Å². The summed E-state index contributed by atoms with van der Waals surface area (Å²) < 4.78 is 14.4. The minimum absolute atomic E-state index is 0.170. The molecule has 7 heteroatoms. The molecule has 4 aliphatic rings. The van der Waals surface area contributed by atoms with Gasteiger partial charge in [0.15, 0.2) is 0 Å². The van der Waals surface area contributed by atoms with Gasteiger partial charge in [0, 0.05) is 31.9 Å². The summed E-state index contributed by atoms with van der Waals surface area (Å²) in [5.41, 5.74) is 0.860. The Morgan fingerprint density at radius 1 is 1.39 bits per heavy atom. The van der Waals surface area contributed by atoms with Gasteiger partial charge >= 0.3 is 0 Å². The lowest BCUT2D eigenvalue weighted by Gasteiger charge is -2.58. The number of nitriles is 1. The fourth-order valence-electron chi connectivity index (χ4n) is 5.48. The van der Waals surface area contributed by atoms with Crippen LogP contribution in [-0.4, -0.2) is 48.1 Å². The Morgan fingerprint density at radius 3 is 2.68 bits per heavy atom. The zero-order valence-corrected chi connectivity index (χ0v) is 16.7. The summed E-state index contributed by atoms with van der Waals surface area (Å²) in [5.74, 6) is 0.206. The van der Waals surface area contributed by atoms with E-state index in [9.17, 15) is 9.65 Å². The topological polar surface area (TPSA) is 75.4 Å². The number of benzene rings is 1. The smallest absolute Gasteiger partial charge is 0.134 e. The molecule has 2 N–H and O–H groups in total. The Morgan fingerprint density at radius 2 is 2.07 bits per heavy atom. The van der Waals surface area contributed by atoms with Crippen LogP contribution in [0.2, 0.25) is 0 Å². The van der Waals surface area contributed by atoms with Gasteiger partial charge in [-0.25, -0.2) is 9.33 Å². The number of anilines is 1. The van der Waals surface area contributed by atoms with E-state index in [4.69, 9.17) is 10.3 Å². The van der Waals surface area contributed by atoms with E-state index < -0.39 is 11.9 Å². The maximum Gasteiger partial charge on any atom is 0.134 e. The van der Waals surface area contributed by atoms with Crippen LogP contribution in [0.4, 0.5) is 10.1 Å². The average molecular weight is 385 g/mol. The highest BCUT2D eigenvalue weighted by molar-refractivity contribution is 6.06. The molecular weight excluding hydrogens is 357 g/mol. The largest absolute Gasteiger partial charge is 0.387 e. The molecule has 6 nitrogen and oxygen atoms in total. The Hall–Kier alpha value is -2.01. The zero-order valence-electron chi connectivity index (χ0n) is 16.7. The van der Waals surface area contributed by atoms with Crippen molar-refractivity contribution in [1.29, 1.82) is 10.7 Å². The van der Waals surface area contributed by atoms with Crippen molar-refractivity contribution in [3.05, 3.63) is 29.6 Å². The summed E-state index contributed by atoms with van der Waals surface area (Å²) in [6, 6.07) is 7.43. The van der Waals surface area contributed by atoms with Crippen molar-refractivity contribution in [2.24, 2.45) is 11.3 Å². The Balaban J connectivity index is 1.48. The highest BCUT2D eigenvalue weighted by Crippen LogP contribution is 2.55. The third-order valence-electron chi connectivity index (χ3n) is 6.84. The zero-order chi connectivity index (χ0) is 20.1. The van der Waals surface area contributed by atoms with E-state index in [0.717, 1.165) is 32.1 Å². The van der Waals surface area contributed by atoms with Crippen LogP contribution in [0, 0.1) is 33.9 Å². The number of hydroxylamine groups is 4. The van der Waals surface area contributed by atoms with Gasteiger partial charge in [-0.1, -0.05) is 6.07 Å². The lowest BCUT2D eigenvalue weighted by atomic mass is 9.56. The number of nitrogens with zero attached hydrogens (tertiary/aromatic N) is 3. The number of rotatable bonds is 6. The van der Waals surface area contributed by atoms with Crippen LogP contribution in [0.25, 0.3) is 0 Å². The van der Waals surface area contributed by atoms with Gasteiger partial charge in [0.2, 0.25) is 0 Å². The minimum Gasteiger partial charge on any atom is -0.387 e. The predicted octanol–water partition coefficient (Wildman–Crippen LogP) is 3.56. The highest BCUT2D eigenvalue weighted by atomic mass is 19.1. The maximum absolute atomic E-state index is 14.4. The first-order chi connectivity index (χ1) is 13.4. The first kappa shape index (κ1) is 19.3. The van der Waals surface area contributed by atoms with Crippen LogP contribution < -0.4 is 5.32 Å². The van der Waals surface area contributed by atoms with Gasteiger partial charge < -0.3 is 10.7 Å². The predicted molar refractivity (Wildman–Crippen MR) is 105 cm³/mol. The van der Waals surface area contributed by atoms with Gasteiger partial charge in [0.25, 0.3) is 0 Å². The van der Waals surface area contributed by atoms with Crippen molar-refractivity contribution < 1.29 is 9.33 Å². The molecule has 2 heterocycles. The monoisotopic (exact) mass is 385 g/mol. The Labute approximate surface area is 165 Å². The molecule has 4 fully saturated rings. The van der Waals surface area contributed by atoms with Crippen molar-refractivity contribution >= 4 is 11.4 Å². The fourth-order valence-corrected chi connectivity index (χ4v) is 5.48. The van der Waals surface area contributed by atoms with Crippen LogP contribution >= 0.6 is 0 Å². The first-order valence-electron chi connectivity index (χ1n) is 10.0. The number of likely N-dealkylation sites (N-methyl/N-ethyl adjacent to an activating group) is 1. The highest BCUT2D eigenvalue weighted by Gasteiger charge is 2.56. The first-order valence-corrected chi connectivity index (χ1v) is 10.0. The van der Waals surface area contributed by atoms with Crippen molar-refractivity contribution in [1.82, 2.24) is 10.1 Å². The third-order valence-corrected chi connectivity index (χ3v) is 6.84. The quantitative estimate of drug-likeness (QED) is 0.578.